The van der Waals surface area contributed by atoms with E-state index in [0.29, 0.717) is 47.0 Å². The molecular formula is C39H44F4N6O3. The molecule has 6 rings (SSSR count). The summed E-state index contributed by atoms with van der Waals surface area (Å²) in [5.74, 6) is -0.919. The number of nitrogens with one attached hydrogen (secondary N) is 1. The number of carbonyl (C=O) groups is 1. The Morgan fingerprint density at radius 2 is 1.81 bits per heavy atom. The van der Waals surface area contributed by atoms with Crippen LogP contribution in [0.1, 0.15) is 98.3 Å². The maximum absolute atomic E-state index is 14.3. The lowest BCUT2D eigenvalue weighted by Gasteiger charge is -2.39. The van der Waals surface area contributed by atoms with Crippen molar-refractivity contribution in [3.63, 3.8) is 0 Å². The first kappa shape index (κ1) is 37.2. The van der Waals surface area contributed by atoms with E-state index in [2.05, 4.69) is 10.2 Å². The molecule has 2 aromatic carbocycles. The summed E-state index contributed by atoms with van der Waals surface area (Å²) in [4.78, 5) is 25.2. The normalized spacial score (nSPS) is 18.7. The van der Waals surface area contributed by atoms with Crippen LogP contribution in [0.2, 0.25) is 0 Å². The molecule has 0 radical (unpaired) electrons. The molecule has 276 valence electrons. The zero-order valence-corrected chi connectivity index (χ0v) is 29.8. The molecule has 1 saturated carbocycles. The van der Waals surface area contributed by atoms with E-state index in [1.165, 1.54) is 12.1 Å². The molecule has 4 aromatic rings. The van der Waals surface area contributed by atoms with E-state index in [4.69, 9.17) is 24.7 Å². The third-order valence-corrected chi connectivity index (χ3v) is 9.87. The van der Waals surface area contributed by atoms with Gasteiger partial charge in [0.15, 0.2) is 0 Å². The summed E-state index contributed by atoms with van der Waals surface area (Å²) in [7, 11) is 0. The number of imidazole rings is 1. The van der Waals surface area contributed by atoms with Gasteiger partial charge >= 0.3 is 6.18 Å². The van der Waals surface area contributed by atoms with Crippen molar-refractivity contribution < 1.29 is 31.8 Å². The monoisotopic (exact) mass is 720 g/mol. The minimum absolute atomic E-state index is 0.0108. The van der Waals surface area contributed by atoms with Crippen molar-refractivity contribution in [3.8, 4) is 11.9 Å². The highest BCUT2D eigenvalue weighted by Crippen LogP contribution is 2.48. The molecule has 13 heteroatoms. The number of aromatic nitrogens is 3. The summed E-state index contributed by atoms with van der Waals surface area (Å²) in [6.07, 6.45) is -2.68. The van der Waals surface area contributed by atoms with Gasteiger partial charge in [-0.2, -0.15) is 18.4 Å². The van der Waals surface area contributed by atoms with Gasteiger partial charge in [-0.25, -0.2) is 14.4 Å². The van der Waals surface area contributed by atoms with Gasteiger partial charge in [0.1, 0.15) is 18.2 Å². The van der Waals surface area contributed by atoms with Gasteiger partial charge in [0.05, 0.1) is 53.4 Å². The second-order valence-corrected chi connectivity index (χ2v) is 14.8. The standard InChI is InChI=1S/C39H44F4N6O3/c1-24(2)52-23-38(3,4)47-37(50)27-10-11-33-34(17-27)49(30-18-29(19-30)39(41,42)43)35(45-33)21-48-14-12-26(13-15-48)32-6-5-7-36(46-32)51-22-28-9-8-25(20-44)16-31(28)40/h5-11,16-17,24,26,29-30H,12-15,18-19,21-23H2,1-4H3,(H,47,50). The van der Waals surface area contributed by atoms with Gasteiger partial charge in [-0.1, -0.05) is 12.1 Å². The Kier molecular flexibility index (Phi) is 10.9. The first-order chi connectivity index (χ1) is 24.7. The van der Waals surface area contributed by atoms with Crippen molar-refractivity contribution in [2.75, 3.05) is 19.7 Å². The topological polar surface area (TPSA) is 105 Å². The van der Waals surface area contributed by atoms with Gasteiger partial charge in [0.25, 0.3) is 5.91 Å². The minimum Gasteiger partial charge on any atom is -0.473 e. The quantitative estimate of drug-likeness (QED) is 0.149. The molecule has 0 spiro atoms. The van der Waals surface area contributed by atoms with Crippen molar-refractivity contribution in [1.29, 1.82) is 5.26 Å². The number of piperidine rings is 1. The summed E-state index contributed by atoms with van der Waals surface area (Å²) in [6, 6.07) is 16.6. The van der Waals surface area contributed by atoms with Crippen LogP contribution in [-0.2, 0) is 17.9 Å². The summed E-state index contributed by atoms with van der Waals surface area (Å²) < 4.78 is 68.5. The maximum atomic E-state index is 14.3. The molecule has 1 aliphatic heterocycles. The van der Waals surface area contributed by atoms with Crippen LogP contribution in [0, 0.1) is 23.1 Å². The summed E-state index contributed by atoms with van der Waals surface area (Å²) >= 11 is 0. The third kappa shape index (κ3) is 8.73. The highest BCUT2D eigenvalue weighted by atomic mass is 19.4. The number of carbonyl (C=O) groups excluding carboxylic acids is 1. The fourth-order valence-corrected chi connectivity index (χ4v) is 6.87. The largest absolute Gasteiger partial charge is 0.473 e. The van der Waals surface area contributed by atoms with E-state index >= 15 is 0 Å². The van der Waals surface area contributed by atoms with Crippen LogP contribution in [0.15, 0.2) is 54.6 Å². The lowest BCUT2D eigenvalue weighted by Crippen LogP contribution is -2.47. The molecule has 52 heavy (non-hydrogen) atoms. The first-order valence-electron chi connectivity index (χ1n) is 17.7. The Bertz CT molecular complexity index is 1940. The van der Waals surface area contributed by atoms with Gasteiger partial charge in [0, 0.05) is 34.8 Å². The van der Waals surface area contributed by atoms with E-state index in [-0.39, 0.29) is 49.0 Å². The predicted octanol–water partition coefficient (Wildman–Crippen LogP) is 7.85. The molecule has 0 bridgehead atoms. The molecule has 3 heterocycles. The van der Waals surface area contributed by atoms with E-state index in [9.17, 15) is 22.4 Å². The predicted molar refractivity (Wildman–Crippen MR) is 187 cm³/mol. The fraction of sp³-hybridized carbons (Fsp3) is 0.487. The number of likely N-dealkylation sites (tertiary alicyclic amines) is 1. The van der Waals surface area contributed by atoms with E-state index < -0.39 is 23.5 Å². The van der Waals surface area contributed by atoms with Gasteiger partial charge in [-0.3, -0.25) is 9.69 Å². The molecular weight excluding hydrogens is 676 g/mol. The van der Waals surface area contributed by atoms with Crippen molar-refractivity contribution in [1.82, 2.24) is 24.8 Å². The Hall–Kier alpha value is -4.54. The number of benzene rings is 2. The molecule has 2 fully saturated rings. The highest BCUT2D eigenvalue weighted by Gasteiger charge is 2.49. The van der Waals surface area contributed by atoms with Crippen LogP contribution < -0.4 is 10.1 Å². The van der Waals surface area contributed by atoms with E-state index in [1.807, 2.05) is 50.5 Å². The number of fused-ring (bicyclic) bond motifs is 1. The van der Waals surface area contributed by atoms with Crippen LogP contribution in [0.25, 0.3) is 11.0 Å². The lowest BCUT2D eigenvalue weighted by atomic mass is 9.79. The van der Waals surface area contributed by atoms with Crippen molar-refractivity contribution in [3.05, 3.63) is 88.6 Å². The zero-order valence-electron chi connectivity index (χ0n) is 29.8. The molecule has 0 atom stereocenters. The Morgan fingerprint density at radius 1 is 1.06 bits per heavy atom. The Labute approximate surface area is 300 Å². The summed E-state index contributed by atoms with van der Waals surface area (Å²) in [5, 5.41) is 12.0. The van der Waals surface area contributed by atoms with Crippen LogP contribution in [0.5, 0.6) is 5.88 Å². The second-order valence-electron chi connectivity index (χ2n) is 14.8. The van der Waals surface area contributed by atoms with Crippen molar-refractivity contribution in [2.45, 2.75) is 96.3 Å². The summed E-state index contributed by atoms with van der Waals surface area (Å²) in [6.45, 7) is 9.84. The smallest absolute Gasteiger partial charge is 0.391 e. The van der Waals surface area contributed by atoms with Crippen molar-refractivity contribution in [2.24, 2.45) is 5.92 Å². The third-order valence-electron chi connectivity index (χ3n) is 9.87. The van der Waals surface area contributed by atoms with Crippen LogP contribution >= 0.6 is 0 Å². The zero-order chi connectivity index (χ0) is 37.2. The summed E-state index contributed by atoms with van der Waals surface area (Å²) in [5.41, 5.74) is 2.52. The number of nitrogens with zero attached hydrogens (tertiary/aromatic N) is 5. The van der Waals surface area contributed by atoms with Crippen LogP contribution in [-0.4, -0.2) is 62.9 Å². The molecule has 1 N–H and O–H groups in total. The van der Waals surface area contributed by atoms with Gasteiger partial charge in [-0.15, -0.1) is 0 Å². The molecule has 0 unspecified atom stereocenters. The number of nitriles is 1. The highest BCUT2D eigenvalue weighted by molar-refractivity contribution is 5.98. The van der Waals surface area contributed by atoms with Gasteiger partial charge in [-0.05, 0) is 103 Å². The first-order valence-corrected chi connectivity index (χ1v) is 17.7. The number of halogens is 4. The van der Waals surface area contributed by atoms with Crippen LogP contribution in [0.3, 0.4) is 0 Å². The molecule has 1 saturated heterocycles. The number of rotatable bonds is 12. The second kappa shape index (κ2) is 15.2. The molecule has 2 aromatic heterocycles. The fourth-order valence-electron chi connectivity index (χ4n) is 6.87. The van der Waals surface area contributed by atoms with E-state index in [1.54, 1.807) is 30.3 Å². The Balaban J connectivity index is 1.14. The van der Waals surface area contributed by atoms with Crippen molar-refractivity contribution >= 4 is 16.9 Å². The van der Waals surface area contributed by atoms with Gasteiger partial charge < -0.3 is 19.4 Å². The molecule has 9 nitrogen and oxygen atoms in total. The maximum Gasteiger partial charge on any atom is 0.391 e. The number of pyridine rings is 1. The number of alkyl halides is 3. The van der Waals surface area contributed by atoms with E-state index in [0.717, 1.165) is 31.6 Å². The lowest BCUT2D eigenvalue weighted by molar-refractivity contribution is -0.202. The SMILES string of the molecule is CC(C)OCC(C)(C)NC(=O)c1ccc2nc(CN3CCC(c4cccc(OCc5ccc(C#N)cc5F)n4)CC3)n(C3CC(C(F)(F)F)C3)c2c1. The number of ether oxygens (including phenoxy) is 2. The Morgan fingerprint density at radius 3 is 2.48 bits per heavy atom. The number of hydrogen-bond donors (Lipinski definition) is 1. The average Bonchev–Trinajstić information content (AvgIpc) is 3.42. The van der Waals surface area contributed by atoms with Crippen LogP contribution in [0.4, 0.5) is 17.6 Å². The molecule has 1 amide bonds. The number of hydrogen-bond acceptors (Lipinski definition) is 7. The molecule has 2 aliphatic rings. The minimum atomic E-state index is -4.25. The number of amides is 1. The average molecular weight is 721 g/mol. The molecule has 1 aliphatic carbocycles. The van der Waals surface area contributed by atoms with Gasteiger partial charge in [0.2, 0.25) is 5.88 Å².